The highest BCUT2D eigenvalue weighted by Crippen LogP contribution is 2.22. The Morgan fingerprint density at radius 3 is 2.76 bits per heavy atom. The molecule has 5 nitrogen and oxygen atoms in total. The van der Waals surface area contributed by atoms with Gasteiger partial charge in [-0.2, -0.15) is 0 Å². The number of hydrogen-bond donors (Lipinski definition) is 1. The first-order valence-corrected chi connectivity index (χ1v) is 5.67. The molecule has 2 heterocycles. The minimum atomic E-state index is 0.199. The van der Waals surface area contributed by atoms with Crippen molar-refractivity contribution in [2.24, 2.45) is 5.41 Å². The molecule has 92 valence electrons. The summed E-state index contributed by atoms with van der Waals surface area (Å²) in [5.41, 5.74) is 6.84. The summed E-state index contributed by atoms with van der Waals surface area (Å²) in [6.45, 7) is 7.47. The van der Waals surface area contributed by atoms with Crippen LogP contribution in [0, 0.1) is 5.41 Å². The van der Waals surface area contributed by atoms with Gasteiger partial charge in [-0.3, -0.25) is 0 Å². The van der Waals surface area contributed by atoms with Crippen LogP contribution in [0.15, 0.2) is 18.6 Å². The molecule has 0 aliphatic rings. The van der Waals surface area contributed by atoms with E-state index in [1.807, 2.05) is 17.6 Å². The van der Waals surface area contributed by atoms with Crippen LogP contribution >= 0.6 is 0 Å². The summed E-state index contributed by atoms with van der Waals surface area (Å²) in [7, 11) is 2.02. The van der Waals surface area contributed by atoms with E-state index >= 15 is 0 Å². The fourth-order valence-corrected chi connectivity index (χ4v) is 1.98. The Kier molecular flexibility index (Phi) is 2.69. The van der Waals surface area contributed by atoms with Gasteiger partial charge >= 0.3 is 0 Å². The molecule has 0 bridgehead atoms. The van der Waals surface area contributed by atoms with Crippen LogP contribution in [-0.4, -0.2) is 28.0 Å². The number of aromatic nitrogens is 3. The second kappa shape index (κ2) is 3.91. The number of imidazole rings is 1. The Morgan fingerprint density at radius 1 is 1.41 bits per heavy atom. The molecule has 0 spiro atoms. The number of nitrogens with zero attached hydrogens (tertiary/aromatic N) is 4. The van der Waals surface area contributed by atoms with Gasteiger partial charge in [-0.25, -0.2) is 9.97 Å². The predicted molar refractivity (Wildman–Crippen MR) is 70.1 cm³/mol. The van der Waals surface area contributed by atoms with Crippen LogP contribution in [0.2, 0.25) is 0 Å². The SMILES string of the molecule is CN(CC(C)(C)C)c1nc(N)cn2ccnc12. The van der Waals surface area contributed by atoms with Crippen LogP contribution in [-0.2, 0) is 0 Å². The van der Waals surface area contributed by atoms with E-state index in [1.54, 1.807) is 12.4 Å². The molecule has 0 radical (unpaired) electrons. The summed E-state index contributed by atoms with van der Waals surface area (Å²) >= 11 is 0. The van der Waals surface area contributed by atoms with Gasteiger partial charge < -0.3 is 15.0 Å². The molecule has 0 aliphatic carbocycles. The third-order valence-electron chi connectivity index (χ3n) is 2.45. The second-order valence-corrected chi connectivity index (χ2v) is 5.56. The Labute approximate surface area is 101 Å². The van der Waals surface area contributed by atoms with E-state index in [2.05, 4.69) is 35.6 Å². The predicted octanol–water partition coefficient (Wildman–Crippen LogP) is 1.79. The monoisotopic (exact) mass is 233 g/mol. The van der Waals surface area contributed by atoms with Gasteiger partial charge in [-0.15, -0.1) is 0 Å². The minimum Gasteiger partial charge on any atom is -0.382 e. The van der Waals surface area contributed by atoms with Crippen molar-refractivity contribution < 1.29 is 0 Å². The number of anilines is 2. The number of fused-ring (bicyclic) bond motifs is 1. The zero-order chi connectivity index (χ0) is 12.6. The molecule has 17 heavy (non-hydrogen) atoms. The molecule has 0 fully saturated rings. The topological polar surface area (TPSA) is 59.5 Å². The third-order valence-corrected chi connectivity index (χ3v) is 2.45. The van der Waals surface area contributed by atoms with Gasteiger partial charge in [0.05, 0.1) is 6.20 Å². The molecule has 2 N–H and O–H groups in total. The smallest absolute Gasteiger partial charge is 0.180 e. The highest BCUT2D eigenvalue weighted by molar-refractivity contribution is 5.66. The van der Waals surface area contributed by atoms with Gasteiger partial charge in [0.1, 0.15) is 5.82 Å². The lowest BCUT2D eigenvalue weighted by Gasteiger charge is -2.27. The van der Waals surface area contributed by atoms with Crippen molar-refractivity contribution in [1.82, 2.24) is 14.4 Å². The van der Waals surface area contributed by atoms with Crippen LogP contribution in [0.25, 0.3) is 5.65 Å². The highest BCUT2D eigenvalue weighted by atomic mass is 15.2. The molecule has 0 aromatic carbocycles. The van der Waals surface area contributed by atoms with Gasteiger partial charge in [0.25, 0.3) is 0 Å². The van der Waals surface area contributed by atoms with Gasteiger partial charge in [0.15, 0.2) is 11.5 Å². The van der Waals surface area contributed by atoms with E-state index in [1.165, 1.54) is 0 Å². The molecule has 0 saturated carbocycles. The number of rotatable bonds is 2. The molecule has 0 atom stereocenters. The van der Waals surface area contributed by atoms with Crippen molar-refractivity contribution in [3.63, 3.8) is 0 Å². The maximum Gasteiger partial charge on any atom is 0.180 e. The van der Waals surface area contributed by atoms with E-state index in [0.29, 0.717) is 5.82 Å². The van der Waals surface area contributed by atoms with E-state index in [0.717, 1.165) is 18.0 Å². The van der Waals surface area contributed by atoms with Crippen LogP contribution in [0.1, 0.15) is 20.8 Å². The van der Waals surface area contributed by atoms with Crippen molar-refractivity contribution in [2.75, 3.05) is 24.2 Å². The van der Waals surface area contributed by atoms with Gasteiger partial charge in [0.2, 0.25) is 0 Å². The molecule has 2 aromatic heterocycles. The Balaban J connectivity index is 2.43. The summed E-state index contributed by atoms with van der Waals surface area (Å²) in [5, 5.41) is 0. The maximum atomic E-state index is 5.80. The number of nitrogen functional groups attached to an aromatic ring is 1. The molecule has 0 unspecified atom stereocenters. The van der Waals surface area contributed by atoms with Crippen LogP contribution in [0.5, 0.6) is 0 Å². The Bertz CT molecular complexity index is 523. The van der Waals surface area contributed by atoms with E-state index in [4.69, 9.17) is 5.73 Å². The lowest BCUT2D eigenvalue weighted by atomic mass is 9.96. The molecule has 0 saturated heterocycles. The van der Waals surface area contributed by atoms with E-state index in [9.17, 15) is 0 Å². The maximum absolute atomic E-state index is 5.80. The second-order valence-electron chi connectivity index (χ2n) is 5.56. The minimum absolute atomic E-state index is 0.199. The summed E-state index contributed by atoms with van der Waals surface area (Å²) < 4.78 is 1.90. The van der Waals surface area contributed by atoms with Gasteiger partial charge in [-0.1, -0.05) is 20.8 Å². The average molecular weight is 233 g/mol. The van der Waals surface area contributed by atoms with E-state index in [-0.39, 0.29) is 5.41 Å². The Hall–Kier alpha value is -1.78. The van der Waals surface area contributed by atoms with Crippen molar-refractivity contribution in [3.8, 4) is 0 Å². The van der Waals surface area contributed by atoms with Crippen molar-refractivity contribution in [1.29, 1.82) is 0 Å². The summed E-state index contributed by atoms with van der Waals surface area (Å²) in [6, 6.07) is 0. The third kappa shape index (κ3) is 2.49. The first-order valence-electron chi connectivity index (χ1n) is 5.67. The largest absolute Gasteiger partial charge is 0.382 e. The standard InChI is InChI=1S/C12H19N5/c1-12(2,3)8-16(4)11-10-14-5-6-17(10)7-9(13)15-11/h5-7H,8,13H2,1-4H3. The molecular formula is C12H19N5. The first-order chi connectivity index (χ1) is 7.87. The molecule has 5 heteroatoms. The fourth-order valence-electron chi connectivity index (χ4n) is 1.98. The molecule has 0 aliphatic heterocycles. The van der Waals surface area contributed by atoms with Gasteiger partial charge in [-0.05, 0) is 5.41 Å². The highest BCUT2D eigenvalue weighted by Gasteiger charge is 2.17. The number of nitrogens with two attached hydrogens (primary N) is 1. The van der Waals surface area contributed by atoms with Crippen molar-refractivity contribution in [2.45, 2.75) is 20.8 Å². The zero-order valence-corrected chi connectivity index (χ0v) is 10.8. The summed E-state index contributed by atoms with van der Waals surface area (Å²) in [5.74, 6) is 1.33. The Morgan fingerprint density at radius 2 is 2.12 bits per heavy atom. The summed E-state index contributed by atoms with van der Waals surface area (Å²) in [6.07, 6.45) is 5.41. The quantitative estimate of drug-likeness (QED) is 0.859. The van der Waals surface area contributed by atoms with Crippen molar-refractivity contribution in [3.05, 3.63) is 18.6 Å². The van der Waals surface area contributed by atoms with Crippen molar-refractivity contribution >= 4 is 17.3 Å². The lowest BCUT2D eigenvalue weighted by Crippen LogP contribution is -2.30. The van der Waals surface area contributed by atoms with Crippen LogP contribution < -0.4 is 10.6 Å². The lowest BCUT2D eigenvalue weighted by molar-refractivity contribution is 0.418. The van der Waals surface area contributed by atoms with Gasteiger partial charge in [0, 0.05) is 26.0 Å². The van der Waals surface area contributed by atoms with Crippen LogP contribution in [0.3, 0.4) is 0 Å². The molecule has 2 aromatic rings. The molecular weight excluding hydrogens is 214 g/mol. The van der Waals surface area contributed by atoms with Crippen LogP contribution in [0.4, 0.5) is 11.6 Å². The average Bonchev–Trinajstić information content (AvgIpc) is 2.60. The normalized spacial score (nSPS) is 12.0. The zero-order valence-electron chi connectivity index (χ0n) is 10.8. The fraction of sp³-hybridized carbons (Fsp3) is 0.500. The molecule has 0 amide bonds. The van der Waals surface area contributed by atoms with E-state index < -0.39 is 0 Å². The number of hydrogen-bond acceptors (Lipinski definition) is 4. The first kappa shape index (κ1) is 11.7. The summed E-state index contributed by atoms with van der Waals surface area (Å²) in [4.78, 5) is 10.8. The molecule has 2 rings (SSSR count).